The Labute approximate surface area is 131 Å². The van der Waals surface area contributed by atoms with Crippen molar-refractivity contribution in [3.05, 3.63) is 71.8 Å². The molecule has 0 saturated carbocycles. The van der Waals surface area contributed by atoms with Gasteiger partial charge in [-0.1, -0.05) is 60.7 Å². The zero-order chi connectivity index (χ0) is 14.9. The van der Waals surface area contributed by atoms with Gasteiger partial charge in [0.25, 0.3) is 0 Å². The Morgan fingerprint density at radius 1 is 1.00 bits per heavy atom. The van der Waals surface area contributed by atoms with Gasteiger partial charge >= 0.3 is 0 Å². The molecule has 1 N–H and O–H groups in total. The smallest absolute Gasteiger partial charge is 0.220 e. The average Bonchev–Trinajstić information content (AvgIpc) is 2.54. The second kappa shape index (κ2) is 8.48. The maximum Gasteiger partial charge on any atom is 0.220 e. The lowest BCUT2D eigenvalue weighted by molar-refractivity contribution is -0.121. The third-order valence-corrected chi connectivity index (χ3v) is 3.76. The molecule has 2 aromatic rings. The first-order valence-electron chi connectivity index (χ1n) is 7.25. The number of aryl methyl sites for hydroxylation is 1. The highest BCUT2D eigenvalue weighted by molar-refractivity contribution is 6.21. The van der Waals surface area contributed by atoms with Gasteiger partial charge in [-0.15, -0.1) is 11.6 Å². The molecule has 0 aliphatic carbocycles. The van der Waals surface area contributed by atoms with Crippen molar-refractivity contribution in [2.45, 2.75) is 24.6 Å². The van der Waals surface area contributed by atoms with Crippen LogP contribution in [0.2, 0.25) is 0 Å². The molecule has 0 bridgehead atoms. The van der Waals surface area contributed by atoms with Crippen molar-refractivity contribution in [3.8, 4) is 0 Å². The van der Waals surface area contributed by atoms with Crippen molar-refractivity contribution in [2.75, 3.05) is 6.54 Å². The SMILES string of the molecule is O=C(CCCc1ccccc1)NCC(Cl)c1ccccc1. The van der Waals surface area contributed by atoms with Crippen LogP contribution < -0.4 is 5.32 Å². The lowest BCUT2D eigenvalue weighted by Gasteiger charge is -2.11. The van der Waals surface area contributed by atoms with Gasteiger partial charge in [0.15, 0.2) is 0 Å². The minimum absolute atomic E-state index is 0.0625. The van der Waals surface area contributed by atoms with Crippen LogP contribution in [-0.2, 0) is 11.2 Å². The summed E-state index contributed by atoms with van der Waals surface area (Å²) >= 11 is 6.27. The van der Waals surface area contributed by atoms with E-state index in [-0.39, 0.29) is 11.3 Å². The molecule has 0 saturated heterocycles. The fourth-order valence-electron chi connectivity index (χ4n) is 2.17. The van der Waals surface area contributed by atoms with Gasteiger partial charge in [-0.05, 0) is 24.0 Å². The summed E-state index contributed by atoms with van der Waals surface area (Å²) < 4.78 is 0. The minimum atomic E-state index is -0.177. The van der Waals surface area contributed by atoms with Crippen LogP contribution in [0.3, 0.4) is 0 Å². The van der Waals surface area contributed by atoms with Crippen molar-refractivity contribution in [3.63, 3.8) is 0 Å². The summed E-state index contributed by atoms with van der Waals surface area (Å²) in [6, 6.07) is 20.0. The second-order valence-corrected chi connectivity index (χ2v) is 5.55. The van der Waals surface area contributed by atoms with Gasteiger partial charge in [0.2, 0.25) is 5.91 Å². The highest BCUT2D eigenvalue weighted by Gasteiger charge is 2.09. The Kier molecular flexibility index (Phi) is 6.29. The van der Waals surface area contributed by atoms with E-state index in [1.165, 1.54) is 5.56 Å². The summed E-state index contributed by atoms with van der Waals surface area (Å²) in [5, 5.41) is 2.72. The maximum atomic E-state index is 11.8. The van der Waals surface area contributed by atoms with Gasteiger partial charge in [-0.2, -0.15) is 0 Å². The first-order valence-corrected chi connectivity index (χ1v) is 7.69. The van der Waals surface area contributed by atoms with Crippen LogP contribution in [0.25, 0.3) is 0 Å². The molecule has 0 heterocycles. The normalized spacial score (nSPS) is 11.9. The van der Waals surface area contributed by atoms with E-state index in [2.05, 4.69) is 17.4 Å². The molecular weight excluding hydrogens is 282 g/mol. The zero-order valence-electron chi connectivity index (χ0n) is 12.0. The van der Waals surface area contributed by atoms with E-state index < -0.39 is 0 Å². The predicted octanol–water partition coefficient (Wildman–Crippen LogP) is 4.11. The van der Waals surface area contributed by atoms with Crippen molar-refractivity contribution in [2.24, 2.45) is 0 Å². The van der Waals surface area contributed by atoms with Crippen molar-refractivity contribution < 1.29 is 4.79 Å². The molecule has 0 fully saturated rings. The van der Waals surface area contributed by atoms with Gasteiger partial charge < -0.3 is 5.32 Å². The molecule has 0 spiro atoms. The molecule has 2 aromatic carbocycles. The summed E-state index contributed by atoms with van der Waals surface area (Å²) in [5.41, 5.74) is 2.30. The number of nitrogens with one attached hydrogen (secondary N) is 1. The van der Waals surface area contributed by atoms with Crippen LogP contribution in [-0.4, -0.2) is 12.5 Å². The first-order chi connectivity index (χ1) is 10.3. The fraction of sp³-hybridized carbons (Fsp3) is 0.278. The molecule has 110 valence electrons. The highest BCUT2D eigenvalue weighted by atomic mass is 35.5. The summed E-state index contributed by atoms with van der Waals surface area (Å²) in [6.45, 7) is 0.468. The molecule has 0 radical (unpaired) electrons. The quantitative estimate of drug-likeness (QED) is 0.766. The highest BCUT2D eigenvalue weighted by Crippen LogP contribution is 2.18. The van der Waals surface area contributed by atoms with Gasteiger partial charge in [0.1, 0.15) is 0 Å². The third-order valence-electron chi connectivity index (χ3n) is 3.35. The number of alkyl halides is 1. The number of carbonyl (C=O) groups excluding carboxylic acids is 1. The molecule has 1 amide bonds. The van der Waals surface area contributed by atoms with Crippen LogP contribution in [0.1, 0.15) is 29.3 Å². The zero-order valence-corrected chi connectivity index (χ0v) is 12.7. The van der Waals surface area contributed by atoms with Crippen LogP contribution in [0.5, 0.6) is 0 Å². The van der Waals surface area contributed by atoms with Gasteiger partial charge in [-0.25, -0.2) is 0 Å². The fourth-order valence-corrected chi connectivity index (χ4v) is 2.39. The molecule has 1 atom stereocenters. The summed E-state index contributed by atoms with van der Waals surface area (Å²) in [5.74, 6) is 0.0625. The summed E-state index contributed by atoms with van der Waals surface area (Å²) in [6.07, 6.45) is 2.32. The molecule has 0 aliphatic rings. The first kappa shape index (κ1) is 15.6. The van der Waals surface area contributed by atoms with E-state index in [4.69, 9.17) is 11.6 Å². The number of carbonyl (C=O) groups is 1. The minimum Gasteiger partial charge on any atom is -0.354 e. The van der Waals surface area contributed by atoms with Crippen molar-refractivity contribution in [1.82, 2.24) is 5.32 Å². The van der Waals surface area contributed by atoms with Crippen molar-refractivity contribution >= 4 is 17.5 Å². The van der Waals surface area contributed by atoms with E-state index >= 15 is 0 Å². The number of hydrogen-bond acceptors (Lipinski definition) is 1. The van der Waals surface area contributed by atoms with Crippen LogP contribution in [0.15, 0.2) is 60.7 Å². The predicted molar refractivity (Wildman–Crippen MR) is 87.4 cm³/mol. The van der Waals surface area contributed by atoms with Crippen LogP contribution >= 0.6 is 11.6 Å². The molecule has 0 aromatic heterocycles. The second-order valence-electron chi connectivity index (χ2n) is 5.02. The Balaban J connectivity index is 1.66. The summed E-state index contributed by atoms with van der Waals surface area (Å²) in [4.78, 5) is 11.8. The lowest BCUT2D eigenvalue weighted by Crippen LogP contribution is -2.26. The van der Waals surface area contributed by atoms with Crippen molar-refractivity contribution in [1.29, 1.82) is 0 Å². The van der Waals surface area contributed by atoms with Crippen LogP contribution in [0, 0.1) is 0 Å². The molecule has 21 heavy (non-hydrogen) atoms. The standard InChI is InChI=1S/C18H20ClNO/c19-17(16-11-5-2-6-12-16)14-20-18(21)13-7-10-15-8-3-1-4-9-15/h1-6,8-9,11-12,17H,7,10,13-14H2,(H,20,21). The molecule has 3 heteroatoms. The topological polar surface area (TPSA) is 29.1 Å². The van der Waals surface area contributed by atoms with E-state index in [0.717, 1.165) is 18.4 Å². The number of hydrogen-bond donors (Lipinski definition) is 1. The van der Waals surface area contributed by atoms with Gasteiger partial charge in [0.05, 0.1) is 5.38 Å². The number of amides is 1. The Bertz CT molecular complexity index is 542. The monoisotopic (exact) mass is 301 g/mol. The molecule has 2 rings (SSSR count). The van der Waals surface area contributed by atoms with E-state index in [9.17, 15) is 4.79 Å². The average molecular weight is 302 g/mol. The number of benzene rings is 2. The largest absolute Gasteiger partial charge is 0.354 e. The molecular formula is C18H20ClNO. The summed E-state index contributed by atoms with van der Waals surface area (Å²) in [7, 11) is 0. The van der Waals surface area contributed by atoms with Gasteiger partial charge in [-0.3, -0.25) is 4.79 Å². The Morgan fingerprint density at radius 2 is 1.62 bits per heavy atom. The molecule has 2 nitrogen and oxygen atoms in total. The molecule has 0 aliphatic heterocycles. The van der Waals surface area contributed by atoms with Crippen LogP contribution in [0.4, 0.5) is 0 Å². The molecule has 1 unspecified atom stereocenters. The van der Waals surface area contributed by atoms with Gasteiger partial charge in [0, 0.05) is 13.0 Å². The Morgan fingerprint density at radius 3 is 2.29 bits per heavy atom. The Hall–Kier alpha value is -1.80. The third kappa shape index (κ3) is 5.60. The van der Waals surface area contributed by atoms with E-state index in [1.54, 1.807) is 0 Å². The number of rotatable bonds is 7. The maximum absolute atomic E-state index is 11.8. The number of halogens is 1. The lowest BCUT2D eigenvalue weighted by atomic mass is 10.1. The van der Waals surface area contributed by atoms with E-state index in [0.29, 0.717) is 13.0 Å². The van der Waals surface area contributed by atoms with E-state index in [1.807, 2.05) is 48.5 Å².